The van der Waals surface area contributed by atoms with Crippen LogP contribution in [0.1, 0.15) is 15.9 Å². The second kappa shape index (κ2) is 5.80. The van der Waals surface area contributed by atoms with Gasteiger partial charge in [0.2, 0.25) is 0 Å². The number of ether oxygens (including phenoxy) is 2. The summed E-state index contributed by atoms with van der Waals surface area (Å²) in [6.07, 6.45) is 0.608. The molecule has 0 fully saturated rings. The fourth-order valence-corrected chi connectivity index (χ4v) is 1.14. The molecule has 1 rings (SSSR count). The number of carbonyl (C=O) groups excluding carboxylic acids is 2. The van der Waals surface area contributed by atoms with Gasteiger partial charge in [0, 0.05) is 6.42 Å². The minimum atomic E-state index is -0.362. The van der Waals surface area contributed by atoms with E-state index in [1.54, 1.807) is 24.3 Å². The van der Waals surface area contributed by atoms with Crippen LogP contribution in [0.4, 0.5) is 0 Å². The molecule has 1 aromatic rings. The zero-order valence-corrected chi connectivity index (χ0v) is 8.36. The van der Waals surface area contributed by atoms with E-state index in [9.17, 15) is 9.59 Å². The molecule has 4 nitrogen and oxygen atoms in total. The number of benzene rings is 1. The molecule has 1 radical (unpaired) electrons. The molecular formula is C11H11O4. The predicted molar refractivity (Wildman–Crippen MR) is 53.1 cm³/mol. The van der Waals surface area contributed by atoms with Crippen LogP contribution in [0.3, 0.4) is 0 Å². The maximum atomic E-state index is 11.1. The van der Waals surface area contributed by atoms with Crippen LogP contribution in [0, 0.1) is 0 Å². The molecule has 1 aromatic carbocycles. The zero-order valence-electron chi connectivity index (χ0n) is 8.36. The third-order valence-electron chi connectivity index (χ3n) is 1.93. The first-order chi connectivity index (χ1) is 7.27. The Hall–Kier alpha value is -1.84. The molecule has 0 aromatic heterocycles. The van der Waals surface area contributed by atoms with E-state index in [0.29, 0.717) is 18.6 Å². The van der Waals surface area contributed by atoms with Crippen LogP contribution in [0.25, 0.3) is 0 Å². The normalized spacial score (nSPS) is 9.40. The average Bonchev–Trinajstić information content (AvgIpc) is 2.29. The molecule has 0 atom stereocenters. The summed E-state index contributed by atoms with van der Waals surface area (Å²) in [5.41, 5.74) is 1.49. The summed E-state index contributed by atoms with van der Waals surface area (Å²) >= 11 is 0. The lowest BCUT2D eigenvalue weighted by atomic mass is 10.1. The average molecular weight is 207 g/mol. The van der Waals surface area contributed by atoms with Crippen LogP contribution >= 0.6 is 0 Å². The van der Waals surface area contributed by atoms with Crippen molar-refractivity contribution in [2.45, 2.75) is 6.42 Å². The maximum absolute atomic E-state index is 11.1. The van der Waals surface area contributed by atoms with Gasteiger partial charge in [-0.25, -0.2) is 9.59 Å². The van der Waals surface area contributed by atoms with Crippen LogP contribution < -0.4 is 0 Å². The van der Waals surface area contributed by atoms with E-state index in [1.807, 2.05) is 0 Å². The minimum Gasteiger partial charge on any atom is -0.465 e. The van der Waals surface area contributed by atoms with E-state index >= 15 is 0 Å². The van der Waals surface area contributed by atoms with E-state index < -0.39 is 0 Å². The Morgan fingerprint density at radius 2 is 2.00 bits per heavy atom. The summed E-state index contributed by atoms with van der Waals surface area (Å²) in [5.74, 6) is -0.362. The predicted octanol–water partition coefficient (Wildman–Crippen LogP) is 1.10. The highest BCUT2D eigenvalue weighted by Gasteiger charge is 2.03. The molecule has 0 saturated carbocycles. The molecule has 79 valence electrons. The number of hydrogen-bond acceptors (Lipinski definition) is 4. The van der Waals surface area contributed by atoms with E-state index in [0.717, 1.165) is 5.56 Å². The molecule has 0 N–H and O–H groups in total. The van der Waals surface area contributed by atoms with Gasteiger partial charge in [0.15, 0.2) is 0 Å². The van der Waals surface area contributed by atoms with Crippen LogP contribution in [-0.4, -0.2) is 26.2 Å². The molecule has 0 bridgehead atoms. The Kier molecular flexibility index (Phi) is 4.34. The molecule has 0 amide bonds. The van der Waals surface area contributed by atoms with E-state index in [2.05, 4.69) is 9.47 Å². The van der Waals surface area contributed by atoms with Gasteiger partial charge >= 0.3 is 12.4 Å². The highest BCUT2D eigenvalue weighted by Crippen LogP contribution is 2.06. The Labute approximate surface area is 87.8 Å². The second-order valence-corrected chi connectivity index (χ2v) is 2.87. The largest absolute Gasteiger partial charge is 0.465 e. The van der Waals surface area contributed by atoms with Gasteiger partial charge in [-0.15, -0.1) is 0 Å². The molecule has 15 heavy (non-hydrogen) atoms. The Morgan fingerprint density at radius 1 is 1.33 bits per heavy atom. The molecule has 4 heteroatoms. The highest BCUT2D eigenvalue weighted by molar-refractivity contribution is 5.89. The van der Waals surface area contributed by atoms with Gasteiger partial charge in [-0.2, -0.15) is 0 Å². The quantitative estimate of drug-likeness (QED) is 0.536. The number of carbonyl (C=O) groups is 1. The van der Waals surface area contributed by atoms with Crippen molar-refractivity contribution < 1.29 is 19.1 Å². The minimum absolute atomic E-state index is 0.293. The van der Waals surface area contributed by atoms with Crippen LogP contribution in [0.2, 0.25) is 0 Å². The van der Waals surface area contributed by atoms with Gasteiger partial charge in [-0.05, 0) is 17.7 Å². The van der Waals surface area contributed by atoms with Crippen molar-refractivity contribution in [3.8, 4) is 0 Å². The summed E-state index contributed by atoms with van der Waals surface area (Å²) in [7, 11) is 1.34. The van der Waals surface area contributed by atoms with Crippen LogP contribution in [-0.2, 0) is 20.7 Å². The molecular weight excluding hydrogens is 196 g/mol. The summed E-state index contributed by atoms with van der Waals surface area (Å²) in [4.78, 5) is 20.9. The lowest BCUT2D eigenvalue weighted by molar-refractivity contribution is 0.0600. The standard InChI is InChI=1S/C11H11O4/c1-14-11(13)10-4-2-9(3-5-10)6-7-15-8-12/h2-5H,6-7H2,1H3. The number of rotatable bonds is 5. The monoisotopic (exact) mass is 207 g/mol. The lowest BCUT2D eigenvalue weighted by Crippen LogP contribution is -2.02. The molecule has 0 aliphatic rings. The van der Waals surface area contributed by atoms with Gasteiger partial charge in [-0.3, -0.25) is 0 Å². The van der Waals surface area contributed by atoms with E-state index in [4.69, 9.17) is 0 Å². The Balaban J connectivity index is 2.56. The molecule has 0 aliphatic heterocycles. The molecule has 0 heterocycles. The number of esters is 1. The van der Waals surface area contributed by atoms with Crippen molar-refractivity contribution in [2.24, 2.45) is 0 Å². The first-order valence-electron chi connectivity index (χ1n) is 4.44. The lowest BCUT2D eigenvalue weighted by Gasteiger charge is -2.01. The summed E-state index contributed by atoms with van der Waals surface area (Å²) in [5, 5.41) is 0. The first kappa shape index (κ1) is 11.2. The Bertz CT molecular complexity index is 329. The van der Waals surface area contributed by atoms with Crippen molar-refractivity contribution in [1.29, 1.82) is 0 Å². The molecule has 0 saturated heterocycles. The van der Waals surface area contributed by atoms with Crippen molar-refractivity contribution in [3.63, 3.8) is 0 Å². The molecule has 0 aliphatic carbocycles. The topological polar surface area (TPSA) is 52.6 Å². The van der Waals surface area contributed by atoms with Crippen molar-refractivity contribution in [3.05, 3.63) is 35.4 Å². The fourth-order valence-electron chi connectivity index (χ4n) is 1.14. The first-order valence-corrected chi connectivity index (χ1v) is 4.44. The smallest absolute Gasteiger partial charge is 0.417 e. The van der Waals surface area contributed by atoms with Crippen molar-refractivity contribution in [2.75, 3.05) is 13.7 Å². The molecule has 0 unspecified atom stereocenters. The summed E-state index contributed by atoms with van der Waals surface area (Å²) in [6.45, 7) is 1.65. The summed E-state index contributed by atoms with van der Waals surface area (Å²) < 4.78 is 9.00. The second-order valence-electron chi connectivity index (χ2n) is 2.87. The van der Waals surface area contributed by atoms with Crippen LogP contribution in [0.5, 0.6) is 0 Å². The number of methoxy groups -OCH3 is 1. The van der Waals surface area contributed by atoms with E-state index in [1.165, 1.54) is 13.6 Å². The third kappa shape index (κ3) is 3.42. The van der Waals surface area contributed by atoms with Gasteiger partial charge < -0.3 is 9.47 Å². The van der Waals surface area contributed by atoms with Crippen LogP contribution in [0.15, 0.2) is 24.3 Å². The van der Waals surface area contributed by atoms with Gasteiger partial charge in [0.1, 0.15) is 0 Å². The highest BCUT2D eigenvalue weighted by atomic mass is 16.5. The van der Waals surface area contributed by atoms with Crippen molar-refractivity contribution >= 4 is 12.4 Å². The Morgan fingerprint density at radius 3 is 2.53 bits per heavy atom. The number of hydrogen-bond donors (Lipinski definition) is 0. The summed E-state index contributed by atoms with van der Waals surface area (Å²) in [6, 6.07) is 6.93. The van der Waals surface area contributed by atoms with Gasteiger partial charge in [0.25, 0.3) is 0 Å². The maximum Gasteiger partial charge on any atom is 0.417 e. The van der Waals surface area contributed by atoms with Gasteiger partial charge in [0.05, 0.1) is 19.3 Å². The van der Waals surface area contributed by atoms with Crippen molar-refractivity contribution in [1.82, 2.24) is 0 Å². The SMILES string of the molecule is COC(=O)c1ccc(CCO[C]=O)cc1. The molecule has 0 spiro atoms. The zero-order chi connectivity index (χ0) is 11.1. The fraction of sp³-hybridized carbons (Fsp3) is 0.273. The van der Waals surface area contributed by atoms with Gasteiger partial charge in [-0.1, -0.05) is 12.1 Å². The van der Waals surface area contributed by atoms with E-state index in [-0.39, 0.29) is 5.97 Å². The third-order valence-corrected chi connectivity index (χ3v) is 1.93.